The number of amides is 1. The van der Waals surface area contributed by atoms with E-state index in [2.05, 4.69) is 5.32 Å². The minimum absolute atomic E-state index is 0.116. The van der Waals surface area contributed by atoms with Crippen molar-refractivity contribution >= 4 is 23.2 Å². The first-order valence-electron chi connectivity index (χ1n) is 6.52. The number of aryl methyl sites for hydroxylation is 1. The molecule has 1 aliphatic heterocycles. The molecule has 0 aliphatic carbocycles. The molecule has 21 heavy (non-hydrogen) atoms. The maximum absolute atomic E-state index is 14.1. The number of anilines is 1. The molecule has 3 rings (SSSR count). The normalized spacial score (nSPS) is 14.8. The highest BCUT2D eigenvalue weighted by molar-refractivity contribution is 6.32. The lowest BCUT2D eigenvalue weighted by molar-refractivity contribution is -0.115. The molecular weight excluding hydrogens is 293 g/mol. The van der Waals surface area contributed by atoms with E-state index in [1.165, 1.54) is 6.07 Å². The van der Waals surface area contributed by atoms with Gasteiger partial charge >= 0.3 is 0 Å². The van der Waals surface area contributed by atoms with Crippen molar-refractivity contribution in [1.29, 1.82) is 0 Å². The minimum atomic E-state index is -1.17. The van der Waals surface area contributed by atoms with Gasteiger partial charge in [-0.25, -0.2) is 4.39 Å². The van der Waals surface area contributed by atoms with E-state index in [9.17, 15) is 14.3 Å². The van der Waals surface area contributed by atoms with Crippen LogP contribution in [0, 0.1) is 12.7 Å². The molecule has 0 fully saturated rings. The molecule has 5 heteroatoms. The summed E-state index contributed by atoms with van der Waals surface area (Å²) in [5.74, 6) is -0.565. The van der Waals surface area contributed by atoms with Gasteiger partial charge in [-0.1, -0.05) is 29.8 Å². The Morgan fingerprint density at radius 2 is 2.10 bits per heavy atom. The Kier molecular flexibility index (Phi) is 3.43. The van der Waals surface area contributed by atoms with Crippen molar-refractivity contribution in [3.8, 4) is 0 Å². The molecule has 1 unspecified atom stereocenters. The van der Waals surface area contributed by atoms with E-state index in [4.69, 9.17) is 11.6 Å². The van der Waals surface area contributed by atoms with E-state index >= 15 is 0 Å². The molecular formula is C16H13ClFNO2. The van der Waals surface area contributed by atoms with Crippen LogP contribution in [0.5, 0.6) is 0 Å². The molecule has 2 N–H and O–H groups in total. The van der Waals surface area contributed by atoms with Gasteiger partial charge in [0.2, 0.25) is 5.91 Å². The largest absolute Gasteiger partial charge is 0.383 e. The lowest BCUT2D eigenvalue weighted by atomic mass is 9.97. The predicted octanol–water partition coefficient (Wildman–Crippen LogP) is 3.36. The van der Waals surface area contributed by atoms with E-state index < -0.39 is 11.9 Å². The van der Waals surface area contributed by atoms with Crippen LogP contribution in [0.3, 0.4) is 0 Å². The third kappa shape index (κ3) is 2.41. The van der Waals surface area contributed by atoms with Crippen LogP contribution in [0.1, 0.15) is 28.4 Å². The molecule has 0 aromatic heterocycles. The number of aliphatic hydroxyl groups is 1. The van der Waals surface area contributed by atoms with Crippen LogP contribution >= 0.6 is 11.6 Å². The molecule has 1 aliphatic rings. The van der Waals surface area contributed by atoms with Crippen LogP contribution in [-0.4, -0.2) is 11.0 Å². The standard InChI is InChI=1S/C16H13ClFNO2/c1-8-3-2-4-10(15(8)18)16(21)11-5-9-6-14(20)19-13(9)7-12(11)17/h2-5,7,16,21H,6H2,1H3,(H,19,20). The van der Waals surface area contributed by atoms with Gasteiger partial charge in [0.1, 0.15) is 11.9 Å². The second-order valence-corrected chi connectivity index (χ2v) is 5.54. The molecule has 0 bridgehead atoms. The maximum Gasteiger partial charge on any atom is 0.228 e. The Morgan fingerprint density at radius 3 is 2.86 bits per heavy atom. The number of hydrogen-bond acceptors (Lipinski definition) is 2. The van der Waals surface area contributed by atoms with E-state index in [1.807, 2.05) is 0 Å². The lowest BCUT2D eigenvalue weighted by Crippen LogP contribution is -2.05. The first-order chi connectivity index (χ1) is 9.97. The van der Waals surface area contributed by atoms with Crippen LogP contribution in [0.2, 0.25) is 5.02 Å². The van der Waals surface area contributed by atoms with Gasteiger partial charge in [-0.05, 0) is 30.2 Å². The van der Waals surface area contributed by atoms with E-state index in [-0.39, 0.29) is 17.9 Å². The zero-order valence-corrected chi connectivity index (χ0v) is 12.0. The van der Waals surface area contributed by atoms with Crippen LogP contribution in [0.25, 0.3) is 0 Å². The van der Waals surface area contributed by atoms with Gasteiger partial charge in [-0.15, -0.1) is 0 Å². The topological polar surface area (TPSA) is 49.3 Å². The van der Waals surface area contributed by atoms with Gasteiger partial charge in [-0.2, -0.15) is 0 Å². The SMILES string of the molecule is Cc1cccc(C(O)c2cc3c(cc2Cl)NC(=O)C3)c1F. The summed E-state index contributed by atoms with van der Waals surface area (Å²) in [4.78, 5) is 11.4. The average molecular weight is 306 g/mol. The van der Waals surface area contributed by atoms with Crippen molar-refractivity contribution in [2.75, 3.05) is 5.32 Å². The van der Waals surface area contributed by atoms with Crippen LogP contribution in [0.4, 0.5) is 10.1 Å². The van der Waals surface area contributed by atoms with Crippen molar-refractivity contribution in [3.63, 3.8) is 0 Å². The molecule has 2 aromatic rings. The first-order valence-corrected chi connectivity index (χ1v) is 6.90. The summed E-state index contributed by atoms with van der Waals surface area (Å²) in [7, 11) is 0. The number of rotatable bonds is 2. The fourth-order valence-corrected chi connectivity index (χ4v) is 2.79. The van der Waals surface area contributed by atoms with E-state index in [1.54, 1.807) is 31.2 Å². The minimum Gasteiger partial charge on any atom is -0.383 e. The van der Waals surface area contributed by atoms with Gasteiger partial charge in [0, 0.05) is 21.8 Å². The summed E-state index contributed by atoms with van der Waals surface area (Å²) in [5.41, 5.74) is 2.43. The van der Waals surface area contributed by atoms with E-state index in [0.29, 0.717) is 21.8 Å². The van der Waals surface area contributed by atoms with Crippen molar-refractivity contribution in [1.82, 2.24) is 0 Å². The summed E-state index contributed by atoms with van der Waals surface area (Å²) in [6.45, 7) is 1.64. The second kappa shape index (κ2) is 5.13. The Hall–Kier alpha value is -1.91. The van der Waals surface area contributed by atoms with Crippen molar-refractivity contribution < 1.29 is 14.3 Å². The number of hydrogen-bond donors (Lipinski definition) is 2. The Balaban J connectivity index is 2.06. The van der Waals surface area contributed by atoms with E-state index in [0.717, 1.165) is 5.56 Å². The van der Waals surface area contributed by atoms with Gasteiger partial charge in [0.25, 0.3) is 0 Å². The number of fused-ring (bicyclic) bond motifs is 1. The lowest BCUT2D eigenvalue weighted by Gasteiger charge is -2.16. The second-order valence-electron chi connectivity index (χ2n) is 5.14. The zero-order valence-electron chi connectivity index (χ0n) is 11.3. The fraction of sp³-hybridized carbons (Fsp3) is 0.188. The van der Waals surface area contributed by atoms with Crippen LogP contribution in [0.15, 0.2) is 30.3 Å². The highest BCUT2D eigenvalue weighted by Crippen LogP contribution is 2.36. The van der Waals surface area contributed by atoms with Crippen LogP contribution in [-0.2, 0) is 11.2 Å². The Labute approximate surface area is 126 Å². The summed E-state index contributed by atoms with van der Waals surface area (Å²) in [5, 5.41) is 13.4. The van der Waals surface area contributed by atoms with Gasteiger partial charge in [0.05, 0.1) is 6.42 Å². The molecule has 3 nitrogen and oxygen atoms in total. The first kappa shape index (κ1) is 14.0. The maximum atomic E-state index is 14.1. The summed E-state index contributed by atoms with van der Waals surface area (Å²) >= 11 is 6.16. The smallest absolute Gasteiger partial charge is 0.228 e. The molecule has 0 saturated carbocycles. The highest BCUT2D eigenvalue weighted by atomic mass is 35.5. The Bertz CT molecular complexity index is 745. The summed E-state index contributed by atoms with van der Waals surface area (Å²) < 4.78 is 14.1. The average Bonchev–Trinajstić information content (AvgIpc) is 2.79. The zero-order chi connectivity index (χ0) is 15.1. The molecule has 1 heterocycles. The third-order valence-corrected chi connectivity index (χ3v) is 3.99. The molecule has 108 valence electrons. The quantitative estimate of drug-likeness (QED) is 0.894. The number of aliphatic hydroxyl groups excluding tert-OH is 1. The van der Waals surface area contributed by atoms with Crippen LogP contribution < -0.4 is 5.32 Å². The number of halogens is 2. The van der Waals surface area contributed by atoms with Gasteiger partial charge in [0.15, 0.2) is 0 Å². The van der Waals surface area contributed by atoms with Crippen molar-refractivity contribution in [3.05, 3.63) is 63.4 Å². The fourth-order valence-electron chi connectivity index (χ4n) is 2.53. The van der Waals surface area contributed by atoms with Crippen molar-refractivity contribution in [2.45, 2.75) is 19.4 Å². The van der Waals surface area contributed by atoms with Gasteiger partial charge in [-0.3, -0.25) is 4.79 Å². The summed E-state index contributed by atoms with van der Waals surface area (Å²) in [6, 6.07) is 8.10. The molecule has 1 amide bonds. The molecule has 1 atom stereocenters. The number of carbonyl (C=O) groups excluding carboxylic acids is 1. The molecule has 0 saturated heterocycles. The predicted molar refractivity (Wildman–Crippen MR) is 79.0 cm³/mol. The molecule has 2 aromatic carbocycles. The number of nitrogens with one attached hydrogen (secondary N) is 1. The molecule has 0 spiro atoms. The van der Waals surface area contributed by atoms with Crippen molar-refractivity contribution in [2.24, 2.45) is 0 Å². The summed E-state index contributed by atoms with van der Waals surface area (Å²) in [6.07, 6.45) is -0.930. The third-order valence-electron chi connectivity index (χ3n) is 3.66. The number of carbonyl (C=O) groups is 1. The monoisotopic (exact) mass is 305 g/mol. The molecule has 0 radical (unpaired) electrons. The number of benzene rings is 2. The Morgan fingerprint density at radius 1 is 1.33 bits per heavy atom. The highest BCUT2D eigenvalue weighted by Gasteiger charge is 2.24. The van der Waals surface area contributed by atoms with Gasteiger partial charge < -0.3 is 10.4 Å².